The summed E-state index contributed by atoms with van der Waals surface area (Å²) in [5.74, 6) is -3.40. The number of carbonyl (C=O) groups is 4. The Bertz CT molecular complexity index is 737. The summed E-state index contributed by atoms with van der Waals surface area (Å²) in [7, 11) is 0. The van der Waals surface area contributed by atoms with E-state index in [-0.39, 0.29) is 31.2 Å². The van der Waals surface area contributed by atoms with E-state index in [1.54, 1.807) is 4.90 Å². The molecule has 2 atom stereocenters. The Balaban J connectivity index is 0.00000450. The third-order valence-corrected chi connectivity index (χ3v) is 5.05. The van der Waals surface area contributed by atoms with E-state index in [1.165, 1.54) is 0 Å². The van der Waals surface area contributed by atoms with Crippen LogP contribution in [0.3, 0.4) is 0 Å². The zero-order valence-electron chi connectivity index (χ0n) is 16.5. The van der Waals surface area contributed by atoms with Gasteiger partial charge in [0.05, 0.1) is 6.04 Å². The van der Waals surface area contributed by atoms with Gasteiger partial charge in [-0.15, -0.1) is 0 Å². The predicted molar refractivity (Wildman–Crippen MR) is 104 cm³/mol. The van der Waals surface area contributed by atoms with Crippen LogP contribution < -0.4 is 23.5 Å². The lowest BCUT2D eigenvalue weighted by Crippen LogP contribution is -3.00. The van der Waals surface area contributed by atoms with Gasteiger partial charge in [0.1, 0.15) is 6.04 Å². The van der Waals surface area contributed by atoms with Gasteiger partial charge in [0.15, 0.2) is 0 Å². The lowest BCUT2D eigenvalue weighted by atomic mass is 9.94. The van der Waals surface area contributed by atoms with Crippen LogP contribution in [0.1, 0.15) is 31.2 Å². The number of aliphatic carboxylic acids is 2. The minimum absolute atomic E-state index is 0. The molecule has 0 saturated carbocycles. The second kappa shape index (κ2) is 12.1. The van der Waals surface area contributed by atoms with E-state index in [1.807, 2.05) is 30.3 Å². The maximum Gasteiger partial charge on any atom is 0.326 e. The average Bonchev–Trinajstić information content (AvgIpc) is 2.70. The van der Waals surface area contributed by atoms with Gasteiger partial charge in [-0.1, -0.05) is 30.3 Å². The summed E-state index contributed by atoms with van der Waals surface area (Å²) in [4.78, 5) is 48.4. The lowest BCUT2D eigenvalue weighted by molar-refractivity contribution is -0.144. The van der Waals surface area contributed by atoms with E-state index in [0.717, 1.165) is 5.56 Å². The van der Waals surface area contributed by atoms with Crippen LogP contribution in [0.5, 0.6) is 0 Å². The highest BCUT2D eigenvalue weighted by Gasteiger charge is 2.31. The number of benzene rings is 1. The molecule has 2 amide bonds. The molecule has 1 saturated heterocycles. The number of hydrogen-bond acceptors (Lipinski definition) is 5. The molecule has 1 aromatic rings. The van der Waals surface area contributed by atoms with E-state index in [9.17, 15) is 19.2 Å². The zero-order chi connectivity index (χ0) is 21.4. The van der Waals surface area contributed by atoms with E-state index in [4.69, 9.17) is 15.9 Å². The summed E-state index contributed by atoms with van der Waals surface area (Å²) < 4.78 is 0. The van der Waals surface area contributed by atoms with Gasteiger partial charge in [0, 0.05) is 25.4 Å². The Labute approximate surface area is 181 Å². The average molecular weight is 441 g/mol. The lowest BCUT2D eigenvalue weighted by Gasteiger charge is -2.33. The Morgan fingerprint density at radius 3 is 2.23 bits per heavy atom. The molecule has 0 spiro atoms. The fourth-order valence-corrected chi connectivity index (χ4v) is 3.37. The molecule has 2 rings (SSSR count). The highest BCUT2D eigenvalue weighted by atomic mass is 35.5. The van der Waals surface area contributed by atoms with Gasteiger partial charge in [-0.25, -0.2) is 4.79 Å². The second-order valence-corrected chi connectivity index (χ2v) is 7.23. The molecule has 1 aromatic carbocycles. The molecular weight excluding hydrogens is 414 g/mol. The Morgan fingerprint density at radius 1 is 1.10 bits per heavy atom. The van der Waals surface area contributed by atoms with E-state index in [2.05, 4.69) is 5.32 Å². The molecule has 1 aliphatic rings. The van der Waals surface area contributed by atoms with Crippen molar-refractivity contribution in [2.24, 2.45) is 11.7 Å². The van der Waals surface area contributed by atoms with Crippen LogP contribution in [0.15, 0.2) is 30.3 Å². The Kier molecular flexibility index (Phi) is 10.3. The summed E-state index contributed by atoms with van der Waals surface area (Å²) in [6, 6.07) is 7.59. The van der Waals surface area contributed by atoms with Crippen molar-refractivity contribution in [1.82, 2.24) is 10.2 Å². The van der Waals surface area contributed by atoms with Crippen molar-refractivity contribution in [3.05, 3.63) is 35.9 Å². The third-order valence-electron chi connectivity index (χ3n) is 5.05. The summed E-state index contributed by atoms with van der Waals surface area (Å²) in [5, 5.41) is 20.3. The molecule has 10 heteroatoms. The van der Waals surface area contributed by atoms with Gasteiger partial charge in [-0.05, 0) is 31.2 Å². The van der Waals surface area contributed by atoms with E-state index >= 15 is 0 Å². The first-order chi connectivity index (χ1) is 13.8. The van der Waals surface area contributed by atoms with Gasteiger partial charge in [0.25, 0.3) is 0 Å². The maximum absolute atomic E-state index is 12.6. The molecule has 5 N–H and O–H groups in total. The SMILES string of the molecule is N[C@@H](Cc1ccccc1)C(=O)N1CCC(C(=O)N[C@@H](CCC(=O)O)C(=O)O)CC1.[Cl-]. The van der Waals surface area contributed by atoms with Crippen molar-refractivity contribution >= 4 is 23.8 Å². The number of nitrogens with zero attached hydrogens (tertiary/aromatic N) is 1. The van der Waals surface area contributed by atoms with Crippen molar-refractivity contribution in [1.29, 1.82) is 0 Å². The summed E-state index contributed by atoms with van der Waals surface area (Å²) >= 11 is 0. The highest BCUT2D eigenvalue weighted by molar-refractivity contribution is 5.86. The van der Waals surface area contributed by atoms with Gasteiger partial charge in [-0.2, -0.15) is 0 Å². The van der Waals surface area contributed by atoms with Crippen LogP contribution in [0.25, 0.3) is 0 Å². The predicted octanol–water partition coefficient (Wildman–Crippen LogP) is -2.77. The summed E-state index contributed by atoms with van der Waals surface area (Å²) in [6.45, 7) is 0.735. The normalized spacial score (nSPS) is 16.1. The van der Waals surface area contributed by atoms with Crippen molar-refractivity contribution in [2.75, 3.05) is 13.1 Å². The maximum atomic E-state index is 12.6. The summed E-state index contributed by atoms with van der Waals surface area (Å²) in [5.41, 5.74) is 7.02. The number of nitrogens with two attached hydrogens (primary N) is 1. The number of amides is 2. The Hall–Kier alpha value is -2.65. The monoisotopic (exact) mass is 440 g/mol. The van der Waals surface area contributed by atoms with Crippen LogP contribution >= 0.6 is 0 Å². The summed E-state index contributed by atoms with van der Waals surface area (Å²) in [6.07, 6.45) is 0.720. The standard InChI is InChI=1S/C20H27N3O6.ClH/c21-15(12-13-4-2-1-3-5-13)19(27)23-10-8-14(9-11-23)18(26)22-16(20(28)29)6-7-17(24)25;/h1-5,14-16H,6-12,21H2,(H,22,26)(H,24,25)(H,28,29);1H/p-1/t15-,16-;/m0./s1. The molecule has 0 radical (unpaired) electrons. The van der Waals surface area contributed by atoms with Gasteiger partial charge < -0.3 is 38.6 Å². The molecule has 30 heavy (non-hydrogen) atoms. The number of rotatable bonds is 9. The molecule has 0 aromatic heterocycles. The minimum atomic E-state index is -1.26. The quantitative estimate of drug-likeness (QED) is 0.324. The minimum Gasteiger partial charge on any atom is -1.00 e. The van der Waals surface area contributed by atoms with Gasteiger partial charge in [-0.3, -0.25) is 14.4 Å². The van der Waals surface area contributed by atoms with Crippen molar-refractivity contribution < 1.29 is 41.8 Å². The van der Waals surface area contributed by atoms with Gasteiger partial charge in [0.2, 0.25) is 11.8 Å². The number of piperidine rings is 1. The first-order valence-corrected chi connectivity index (χ1v) is 9.61. The number of carboxylic acids is 2. The number of carbonyl (C=O) groups excluding carboxylic acids is 2. The first-order valence-electron chi connectivity index (χ1n) is 9.61. The van der Waals surface area contributed by atoms with Crippen LogP contribution in [0, 0.1) is 5.92 Å². The van der Waals surface area contributed by atoms with Crippen LogP contribution in [0.2, 0.25) is 0 Å². The molecule has 1 aliphatic heterocycles. The zero-order valence-corrected chi connectivity index (χ0v) is 17.3. The molecule has 0 unspecified atom stereocenters. The second-order valence-electron chi connectivity index (χ2n) is 7.23. The molecule has 9 nitrogen and oxygen atoms in total. The molecular formula is C20H27ClN3O6-. The number of hydrogen-bond donors (Lipinski definition) is 4. The molecule has 1 fully saturated rings. The molecule has 0 bridgehead atoms. The van der Waals surface area contributed by atoms with Gasteiger partial charge >= 0.3 is 11.9 Å². The van der Waals surface area contributed by atoms with E-state index < -0.39 is 35.8 Å². The van der Waals surface area contributed by atoms with Crippen LogP contribution in [-0.2, 0) is 25.6 Å². The fraction of sp³-hybridized carbons (Fsp3) is 0.500. The number of likely N-dealkylation sites (tertiary alicyclic amines) is 1. The molecule has 1 heterocycles. The Morgan fingerprint density at radius 2 is 1.70 bits per heavy atom. The largest absolute Gasteiger partial charge is 1.00 e. The highest BCUT2D eigenvalue weighted by Crippen LogP contribution is 2.19. The molecule has 0 aliphatic carbocycles. The van der Waals surface area contributed by atoms with Crippen LogP contribution in [-0.4, -0.2) is 64.0 Å². The van der Waals surface area contributed by atoms with Crippen molar-refractivity contribution in [3.63, 3.8) is 0 Å². The van der Waals surface area contributed by atoms with Crippen LogP contribution in [0.4, 0.5) is 0 Å². The van der Waals surface area contributed by atoms with E-state index in [0.29, 0.717) is 32.4 Å². The fourth-order valence-electron chi connectivity index (χ4n) is 3.37. The smallest absolute Gasteiger partial charge is 0.326 e. The molecule has 166 valence electrons. The third kappa shape index (κ3) is 7.64. The van der Waals surface area contributed by atoms with Crippen molar-refractivity contribution in [3.8, 4) is 0 Å². The first kappa shape index (κ1) is 25.4. The van der Waals surface area contributed by atoms with Crippen molar-refractivity contribution in [2.45, 2.75) is 44.2 Å². The number of halogens is 1. The number of carboxylic acid groups (broad SMARTS) is 2. The number of nitrogens with one attached hydrogen (secondary N) is 1. The topological polar surface area (TPSA) is 150 Å².